The van der Waals surface area contributed by atoms with Crippen molar-refractivity contribution in [2.24, 2.45) is 5.92 Å². The van der Waals surface area contributed by atoms with Gasteiger partial charge < -0.3 is 14.7 Å². The number of imidazole rings is 1. The molecule has 0 aliphatic carbocycles. The fourth-order valence-corrected chi connectivity index (χ4v) is 4.17. The summed E-state index contributed by atoms with van der Waals surface area (Å²) in [4.78, 5) is 7.17. The molecule has 3 heterocycles. The number of rotatable bonds is 6. The van der Waals surface area contributed by atoms with E-state index in [2.05, 4.69) is 27.5 Å². The van der Waals surface area contributed by atoms with Crippen LogP contribution in [0.1, 0.15) is 30.4 Å². The highest BCUT2D eigenvalue weighted by molar-refractivity contribution is 5.85. The van der Waals surface area contributed by atoms with E-state index in [0.717, 1.165) is 67.0 Å². The number of piperidine rings is 1. The molecule has 0 spiro atoms. The lowest BCUT2D eigenvalue weighted by molar-refractivity contribution is 0.0808. The van der Waals surface area contributed by atoms with Crippen LogP contribution >= 0.6 is 0 Å². The molecule has 1 aliphatic heterocycles. The molecule has 0 atom stereocenters. The summed E-state index contributed by atoms with van der Waals surface area (Å²) >= 11 is 0. The zero-order chi connectivity index (χ0) is 19.5. The number of hydrogen-bond acceptors (Lipinski definition) is 5. The number of benzene rings is 1. The summed E-state index contributed by atoms with van der Waals surface area (Å²) in [6, 6.07) is 12.5. The highest BCUT2D eigenvalue weighted by atomic mass is 16.5. The standard InChI is InChI=1S/C22H26N4O2/c1-16-14-21(25-9-6-17(7-10-25)8-12-28-13-11-27)26-20-5-3-2-4-19(20)24-22(26)18(16)15-23/h2-5,14,17,27H,6-13H2,1H3. The maximum Gasteiger partial charge on any atom is 0.157 e. The van der Waals surface area contributed by atoms with Crippen LogP contribution in [-0.4, -0.2) is 47.4 Å². The second-order valence-electron chi connectivity index (χ2n) is 7.49. The van der Waals surface area contributed by atoms with E-state index >= 15 is 0 Å². The molecule has 146 valence electrons. The average Bonchev–Trinajstić information content (AvgIpc) is 3.10. The molecule has 1 fully saturated rings. The van der Waals surface area contributed by atoms with Gasteiger partial charge in [-0.2, -0.15) is 5.26 Å². The molecule has 0 amide bonds. The summed E-state index contributed by atoms with van der Waals surface area (Å²) in [5.41, 5.74) is 4.33. The largest absolute Gasteiger partial charge is 0.394 e. The third-order valence-corrected chi connectivity index (χ3v) is 5.71. The summed E-state index contributed by atoms with van der Waals surface area (Å²) in [7, 11) is 0. The fourth-order valence-electron chi connectivity index (χ4n) is 4.17. The van der Waals surface area contributed by atoms with Gasteiger partial charge in [-0.3, -0.25) is 4.40 Å². The van der Waals surface area contributed by atoms with Crippen molar-refractivity contribution in [1.82, 2.24) is 9.38 Å². The van der Waals surface area contributed by atoms with Crippen LogP contribution in [0.3, 0.4) is 0 Å². The molecule has 28 heavy (non-hydrogen) atoms. The predicted octanol–water partition coefficient (Wildman–Crippen LogP) is 3.28. The highest BCUT2D eigenvalue weighted by Gasteiger charge is 2.23. The molecule has 1 aromatic carbocycles. The second kappa shape index (κ2) is 8.17. The van der Waals surface area contributed by atoms with Gasteiger partial charge in [-0.25, -0.2) is 4.98 Å². The van der Waals surface area contributed by atoms with E-state index in [-0.39, 0.29) is 6.61 Å². The Balaban J connectivity index is 1.62. The van der Waals surface area contributed by atoms with E-state index in [1.54, 1.807) is 0 Å². The van der Waals surface area contributed by atoms with Crippen LogP contribution in [0.2, 0.25) is 0 Å². The summed E-state index contributed by atoms with van der Waals surface area (Å²) in [5.74, 6) is 1.78. The van der Waals surface area contributed by atoms with Crippen molar-refractivity contribution < 1.29 is 9.84 Å². The molecule has 0 bridgehead atoms. The van der Waals surface area contributed by atoms with Gasteiger partial charge in [0.25, 0.3) is 0 Å². The number of para-hydroxylation sites is 2. The van der Waals surface area contributed by atoms with Crippen LogP contribution in [0, 0.1) is 24.2 Å². The Hall–Kier alpha value is -2.62. The first kappa shape index (κ1) is 18.7. The lowest BCUT2D eigenvalue weighted by Gasteiger charge is -2.34. The first-order chi connectivity index (χ1) is 13.7. The molecule has 3 aromatic rings. The molecule has 1 aliphatic rings. The molecule has 0 saturated carbocycles. The van der Waals surface area contributed by atoms with Crippen molar-refractivity contribution in [3.8, 4) is 6.07 Å². The molecule has 4 rings (SSSR count). The molecular weight excluding hydrogens is 352 g/mol. The Morgan fingerprint density at radius 3 is 2.79 bits per heavy atom. The van der Waals surface area contributed by atoms with Gasteiger partial charge in [-0.15, -0.1) is 0 Å². The maximum absolute atomic E-state index is 9.65. The molecule has 2 aromatic heterocycles. The van der Waals surface area contributed by atoms with Crippen LogP contribution in [0.15, 0.2) is 30.3 Å². The number of aliphatic hydroxyl groups is 1. The molecular formula is C22H26N4O2. The number of ether oxygens (including phenoxy) is 1. The van der Waals surface area contributed by atoms with E-state index in [4.69, 9.17) is 14.8 Å². The van der Waals surface area contributed by atoms with Gasteiger partial charge in [-0.05, 0) is 55.9 Å². The van der Waals surface area contributed by atoms with Crippen molar-refractivity contribution >= 4 is 22.5 Å². The topological polar surface area (TPSA) is 73.8 Å². The van der Waals surface area contributed by atoms with Crippen molar-refractivity contribution in [3.63, 3.8) is 0 Å². The molecule has 1 saturated heterocycles. The Morgan fingerprint density at radius 2 is 2.04 bits per heavy atom. The van der Waals surface area contributed by atoms with E-state index < -0.39 is 0 Å². The number of aliphatic hydroxyl groups excluding tert-OH is 1. The average molecular weight is 378 g/mol. The highest BCUT2D eigenvalue weighted by Crippen LogP contribution is 2.31. The SMILES string of the molecule is Cc1cc(N2CCC(CCOCCO)CC2)n2c(nc3ccccc32)c1C#N. The number of hydrogen-bond donors (Lipinski definition) is 1. The third-order valence-electron chi connectivity index (χ3n) is 5.71. The number of fused-ring (bicyclic) bond motifs is 3. The number of anilines is 1. The molecule has 1 N–H and O–H groups in total. The second-order valence-corrected chi connectivity index (χ2v) is 7.49. The molecule has 0 radical (unpaired) electrons. The van der Waals surface area contributed by atoms with Gasteiger partial charge in [0, 0.05) is 19.7 Å². The Bertz CT molecular complexity index is 1010. The monoisotopic (exact) mass is 378 g/mol. The minimum Gasteiger partial charge on any atom is -0.394 e. The van der Waals surface area contributed by atoms with Crippen LogP contribution in [-0.2, 0) is 4.74 Å². The summed E-state index contributed by atoms with van der Waals surface area (Å²) in [5, 5.41) is 18.5. The van der Waals surface area contributed by atoms with Gasteiger partial charge in [0.15, 0.2) is 5.65 Å². The first-order valence-corrected chi connectivity index (χ1v) is 9.97. The molecule has 6 nitrogen and oxygen atoms in total. The van der Waals surface area contributed by atoms with E-state index in [9.17, 15) is 5.26 Å². The van der Waals surface area contributed by atoms with Crippen molar-refractivity contribution in [2.75, 3.05) is 37.8 Å². The van der Waals surface area contributed by atoms with Crippen molar-refractivity contribution in [1.29, 1.82) is 5.26 Å². The molecule has 0 unspecified atom stereocenters. The lowest BCUT2D eigenvalue weighted by Crippen LogP contribution is -2.35. The minimum absolute atomic E-state index is 0.0886. The van der Waals surface area contributed by atoms with Gasteiger partial charge in [0.05, 0.1) is 29.8 Å². The van der Waals surface area contributed by atoms with Crippen LogP contribution < -0.4 is 4.90 Å². The van der Waals surface area contributed by atoms with Gasteiger partial charge >= 0.3 is 0 Å². The van der Waals surface area contributed by atoms with Crippen molar-refractivity contribution in [3.05, 3.63) is 41.5 Å². The lowest BCUT2D eigenvalue weighted by atomic mass is 9.94. The smallest absolute Gasteiger partial charge is 0.157 e. The Kier molecular flexibility index (Phi) is 5.47. The predicted molar refractivity (Wildman–Crippen MR) is 110 cm³/mol. The quantitative estimate of drug-likeness (QED) is 0.667. The first-order valence-electron chi connectivity index (χ1n) is 9.97. The number of nitrogens with zero attached hydrogens (tertiary/aromatic N) is 4. The van der Waals surface area contributed by atoms with Crippen LogP contribution in [0.25, 0.3) is 16.7 Å². The van der Waals surface area contributed by atoms with Crippen molar-refractivity contribution in [2.45, 2.75) is 26.2 Å². The van der Waals surface area contributed by atoms with Gasteiger partial charge in [0.2, 0.25) is 0 Å². The third kappa shape index (κ3) is 3.44. The summed E-state index contributed by atoms with van der Waals surface area (Å²) in [6.45, 7) is 5.19. The minimum atomic E-state index is 0.0886. The number of aryl methyl sites for hydroxylation is 1. The zero-order valence-electron chi connectivity index (χ0n) is 16.3. The summed E-state index contributed by atoms with van der Waals surface area (Å²) < 4.78 is 7.57. The zero-order valence-corrected chi connectivity index (χ0v) is 16.3. The number of aromatic nitrogens is 2. The Morgan fingerprint density at radius 1 is 1.25 bits per heavy atom. The number of nitriles is 1. The molecule has 6 heteroatoms. The Labute approximate surface area is 165 Å². The summed E-state index contributed by atoms with van der Waals surface area (Å²) in [6.07, 6.45) is 3.29. The van der Waals surface area contributed by atoms with E-state index in [1.165, 1.54) is 0 Å². The normalized spacial score (nSPS) is 15.4. The van der Waals surface area contributed by atoms with E-state index in [0.29, 0.717) is 18.1 Å². The van der Waals surface area contributed by atoms with Crippen LogP contribution in [0.5, 0.6) is 0 Å². The van der Waals surface area contributed by atoms with Gasteiger partial charge in [-0.1, -0.05) is 12.1 Å². The fraction of sp³-hybridized carbons (Fsp3) is 0.455. The van der Waals surface area contributed by atoms with Gasteiger partial charge in [0.1, 0.15) is 11.9 Å². The maximum atomic E-state index is 9.65. The van der Waals surface area contributed by atoms with E-state index in [1.807, 2.05) is 25.1 Å². The van der Waals surface area contributed by atoms with Crippen LogP contribution in [0.4, 0.5) is 5.82 Å². The number of pyridine rings is 1.